The Morgan fingerprint density at radius 3 is 2.58 bits per heavy atom. The summed E-state index contributed by atoms with van der Waals surface area (Å²) in [5.41, 5.74) is 0. The number of anilines is 1. The van der Waals surface area contributed by atoms with Crippen LogP contribution in [0.4, 0.5) is 10.2 Å². The number of hydrogen-bond donors (Lipinski definition) is 0. The summed E-state index contributed by atoms with van der Waals surface area (Å²) in [5, 5.41) is 1.26. The molecule has 26 heavy (non-hydrogen) atoms. The van der Waals surface area contributed by atoms with Gasteiger partial charge in [-0.15, -0.1) is 0 Å². The van der Waals surface area contributed by atoms with Crippen molar-refractivity contribution in [1.29, 1.82) is 0 Å². The van der Waals surface area contributed by atoms with E-state index < -0.39 is 0 Å². The Hall–Kier alpha value is -2.18. The van der Waals surface area contributed by atoms with Gasteiger partial charge in [-0.25, -0.2) is 4.39 Å². The zero-order valence-corrected chi connectivity index (χ0v) is 15.4. The molecule has 0 aliphatic carbocycles. The normalized spacial score (nSPS) is 15.5. The summed E-state index contributed by atoms with van der Waals surface area (Å²) in [6, 6.07) is 14.6. The molecule has 0 amide bonds. The molecule has 0 saturated carbocycles. The molecule has 4 rings (SSSR count). The van der Waals surface area contributed by atoms with Crippen LogP contribution in [0.5, 0.6) is 5.75 Å². The Morgan fingerprint density at radius 1 is 1.00 bits per heavy atom. The number of aromatic nitrogens is 1. The second kappa shape index (κ2) is 8.01. The van der Waals surface area contributed by atoms with E-state index in [1.807, 2.05) is 0 Å². The van der Waals surface area contributed by atoms with Gasteiger partial charge in [-0.1, -0.05) is 12.1 Å². The number of piperazine rings is 1. The van der Waals surface area contributed by atoms with E-state index in [0.717, 1.165) is 50.7 Å². The van der Waals surface area contributed by atoms with Crippen LogP contribution in [0.15, 0.2) is 48.5 Å². The minimum Gasteiger partial charge on any atom is -0.494 e. The third-order valence-corrected chi connectivity index (χ3v) is 5.55. The minimum atomic E-state index is -0.233. The third-order valence-electron chi connectivity index (χ3n) is 4.73. The molecule has 1 aromatic heterocycles. The van der Waals surface area contributed by atoms with Crippen LogP contribution in [-0.4, -0.2) is 48.6 Å². The molecule has 0 N–H and O–H groups in total. The molecule has 1 aliphatic rings. The van der Waals surface area contributed by atoms with Crippen molar-refractivity contribution in [1.82, 2.24) is 9.27 Å². The van der Waals surface area contributed by atoms with E-state index in [1.54, 1.807) is 23.7 Å². The Kier molecular flexibility index (Phi) is 5.32. The van der Waals surface area contributed by atoms with Gasteiger partial charge in [0.15, 0.2) is 0 Å². The van der Waals surface area contributed by atoms with E-state index in [-0.39, 0.29) is 5.82 Å². The first-order chi connectivity index (χ1) is 12.8. The van der Waals surface area contributed by atoms with Crippen molar-refractivity contribution in [3.63, 3.8) is 0 Å². The highest BCUT2D eigenvalue weighted by atomic mass is 32.1. The molecular weight excluding hydrogens is 349 g/mol. The molecule has 0 bridgehead atoms. The summed E-state index contributed by atoms with van der Waals surface area (Å²) in [7, 11) is 0. The Morgan fingerprint density at radius 2 is 1.77 bits per heavy atom. The second-order valence-electron chi connectivity index (χ2n) is 6.49. The summed E-state index contributed by atoms with van der Waals surface area (Å²) in [6.07, 6.45) is 0.969. The molecule has 0 spiro atoms. The largest absolute Gasteiger partial charge is 0.494 e. The molecule has 0 unspecified atom stereocenters. The molecular formula is C20H22FN3OS. The lowest BCUT2D eigenvalue weighted by molar-refractivity contribution is 0.224. The Bertz CT molecular complexity index is 844. The number of fused-ring (bicyclic) bond motifs is 1. The average molecular weight is 371 g/mol. The fraction of sp³-hybridized carbons (Fsp3) is 0.350. The van der Waals surface area contributed by atoms with Crippen LogP contribution >= 0.6 is 11.5 Å². The van der Waals surface area contributed by atoms with Crippen LogP contribution in [0.25, 0.3) is 10.1 Å². The van der Waals surface area contributed by atoms with Gasteiger partial charge in [-0.05, 0) is 54.4 Å². The van der Waals surface area contributed by atoms with Gasteiger partial charge >= 0.3 is 0 Å². The number of benzene rings is 2. The maximum absolute atomic E-state index is 12.9. The van der Waals surface area contributed by atoms with E-state index >= 15 is 0 Å². The zero-order chi connectivity index (χ0) is 17.8. The molecule has 1 fully saturated rings. The highest BCUT2D eigenvalue weighted by Crippen LogP contribution is 2.29. The summed E-state index contributed by atoms with van der Waals surface area (Å²) >= 11 is 1.58. The highest BCUT2D eigenvalue weighted by Gasteiger charge is 2.20. The van der Waals surface area contributed by atoms with Gasteiger partial charge in [-0.2, -0.15) is 4.37 Å². The van der Waals surface area contributed by atoms with Crippen molar-refractivity contribution < 1.29 is 9.13 Å². The fourth-order valence-electron chi connectivity index (χ4n) is 3.29. The van der Waals surface area contributed by atoms with Crippen LogP contribution in [0, 0.1) is 5.82 Å². The standard InChI is InChI=1S/C20H22FN3OS/c21-16-6-8-17(9-7-16)25-15-3-10-23-11-13-24(14-12-23)20-18-4-1-2-5-19(18)26-22-20/h1-2,4-9H,3,10-15H2. The lowest BCUT2D eigenvalue weighted by Crippen LogP contribution is -2.47. The molecule has 2 heterocycles. The summed E-state index contributed by atoms with van der Waals surface area (Å²) in [6.45, 7) is 5.78. The molecule has 6 heteroatoms. The van der Waals surface area contributed by atoms with Gasteiger partial charge in [0.25, 0.3) is 0 Å². The minimum absolute atomic E-state index is 0.233. The van der Waals surface area contributed by atoms with Gasteiger partial charge in [0.05, 0.1) is 11.3 Å². The number of halogens is 1. The van der Waals surface area contributed by atoms with E-state index in [9.17, 15) is 4.39 Å². The molecule has 3 aromatic rings. The van der Waals surface area contributed by atoms with Crippen LogP contribution in [0.1, 0.15) is 6.42 Å². The van der Waals surface area contributed by atoms with Gasteiger partial charge in [-0.3, -0.25) is 4.90 Å². The number of hydrogen-bond acceptors (Lipinski definition) is 5. The van der Waals surface area contributed by atoms with E-state index in [1.165, 1.54) is 22.2 Å². The predicted octanol–water partition coefficient (Wildman–Crippen LogP) is 4.03. The van der Waals surface area contributed by atoms with E-state index in [0.29, 0.717) is 6.61 Å². The van der Waals surface area contributed by atoms with E-state index in [2.05, 4.69) is 38.4 Å². The molecule has 0 radical (unpaired) electrons. The first kappa shape index (κ1) is 17.2. The van der Waals surface area contributed by atoms with Crippen LogP contribution < -0.4 is 9.64 Å². The maximum atomic E-state index is 12.9. The predicted molar refractivity (Wildman–Crippen MR) is 105 cm³/mol. The van der Waals surface area contributed by atoms with Crippen LogP contribution in [-0.2, 0) is 0 Å². The van der Waals surface area contributed by atoms with Crippen LogP contribution in [0.2, 0.25) is 0 Å². The molecule has 4 nitrogen and oxygen atoms in total. The monoisotopic (exact) mass is 371 g/mol. The molecule has 1 aliphatic heterocycles. The smallest absolute Gasteiger partial charge is 0.150 e. The number of ether oxygens (including phenoxy) is 1. The zero-order valence-electron chi connectivity index (χ0n) is 14.6. The highest BCUT2D eigenvalue weighted by molar-refractivity contribution is 7.13. The van der Waals surface area contributed by atoms with Gasteiger partial charge in [0, 0.05) is 38.1 Å². The van der Waals surface area contributed by atoms with Crippen LogP contribution in [0.3, 0.4) is 0 Å². The molecule has 136 valence electrons. The van der Waals surface area contributed by atoms with E-state index in [4.69, 9.17) is 4.74 Å². The maximum Gasteiger partial charge on any atom is 0.150 e. The molecule has 0 atom stereocenters. The van der Waals surface area contributed by atoms with Crippen molar-refractivity contribution in [3.05, 3.63) is 54.3 Å². The third kappa shape index (κ3) is 3.97. The topological polar surface area (TPSA) is 28.6 Å². The Balaban J connectivity index is 1.22. The van der Waals surface area contributed by atoms with Crippen molar-refractivity contribution in [2.45, 2.75) is 6.42 Å². The summed E-state index contributed by atoms with van der Waals surface area (Å²) in [5.74, 6) is 1.62. The SMILES string of the molecule is Fc1ccc(OCCCN2CCN(c3nsc4ccccc34)CC2)cc1. The summed E-state index contributed by atoms with van der Waals surface area (Å²) in [4.78, 5) is 4.86. The van der Waals surface area contributed by atoms with Crippen molar-refractivity contribution in [2.75, 3.05) is 44.2 Å². The second-order valence-corrected chi connectivity index (χ2v) is 7.29. The first-order valence-corrected chi connectivity index (χ1v) is 9.77. The fourth-order valence-corrected chi connectivity index (χ4v) is 4.09. The quantitative estimate of drug-likeness (QED) is 0.612. The molecule has 1 saturated heterocycles. The molecule has 2 aromatic carbocycles. The van der Waals surface area contributed by atoms with Gasteiger partial charge in [0.2, 0.25) is 0 Å². The Labute approximate surface area is 157 Å². The van der Waals surface area contributed by atoms with Gasteiger partial charge in [0.1, 0.15) is 17.4 Å². The first-order valence-electron chi connectivity index (χ1n) is 9.00. The lowest BCUT2D eigenvalue weighted by Gasteiger charge is -2.35. The lowest BCUT2D eigenvalue weighted by atomic mass is 10.2. The van der Waals surface area contributed by atoms with Gasteiger partial charge < -0.3 is 9.64 Å². The number of nitrogens with zero attached hydrogens (tertiary/aromatic N) is 3. The van der Waals surface area contributed by atoms with Crippen molar-refractivity contribution >= 4 is 27.4 Å². The van der Waals surface area contributed by atoms with Crippen molar-refractivity contribution in [3.8, 4) is 5.75 Å². The summed E-state index contributed by atoms with van der Waals surface area (Å²) < 4.78 is 24.4. The van der Waals surface area contributed by atoms with Crippen molar-refractivity contribution in [2.24, 2.45) is 0 Å². The number of rotatable bonds is 6. The average Bonchev–Trinajstić information content (AvgIpc) is 3.11.